The molecular formula is C15H8Cl3F4NO. The van der Waals surface area contributed by atoms with E-state index in [1.807, 2.05) is 0 Å². The lowest BCUT2D eigenvalue weighted by molar-refractivity contribution is -0.139. The predicted molar refractivity (Wildman–Crippen MR) is 84.3 cm³/mol. The molecule has 0 saturated carbocycles. The zero-order valence-electron chi connectivity index (χ0n) is 11.9. The van der Waals surface area contributed by atoms with Gasteiger partial charge in [0.15, 0.2) is 5.78 Å². The second kappa shape index (κ2) is 6.86. The Labute approximate surface area is 149 Å². The molecule has 128 valence electrons. The van der Waals surface area contributed by atoms with E-state index < -0.39 is 28.4 Å². The minimum Gasteiger partial charge on any atom is -0.292 e. The minimum atomic E-state index is -4.90. The maximum atomic E-state index is 13.8. The predicted octanol–water partition coefficient (Wildman–Crippen LogP) is 6.46. The van der Waals surface area contributed by atoms with Crippen molar-refractivity contribution in [2.75, 3.05) is 0 Å². The van der Waals surface area contributed by atoms with Gasteiger partial charge in [0.2, 0.25) is 0 Å². The van der Waals surface area contributed by atoms with Gasteiger partial charge in [-0.3, -0.25) is 4.79 Å². The van der Waals surface area contributed by atoms with E-state index >= 15 is 0 Å². The highest BCUT2D eigenvalue weighted by atomic mass is 35.5. The molecule has 0 aliphatic rings. The smallest absolute Gasteiger partial charge is 0.292 e. The number of pyridine rings is 1. The van der Waals surface area contributed by atoms with Crippen molar-refractivity contribution in [1.29, 1.82) is 0 Å². The van der Waals surface area contributed by atoms with E-state index in [0.717, 1.165) is 0 Å². The molecule has 0 fully saturated rings. The van der Waals surface area contributed by atoms with E-state index in [4.69, 9.17) is 34.8 Å². The zero-order chi connectivity index (χ0) is 18.2. The number of ketones is 1. The number of carbonyl (C=O) groups is 1. The fourth-order valence-electron chi connectivity index (χ4n) is 1.96. The number of hydrogen-bond acceptors (Lipinski definition) is 2. The SMILES string of the molecule is CCC(=O)c1nc(-c2cc(F)c(C(F)(F)F)cc2Cl)c(Cl)cc1Cl. The second-order valence-corrected chi connectivity index (χ2v) is 5.96. The van der Waals surface area contributed by atoms with Crippen molar-refractivity contribution in [2.45, 2.75) is 19.5 Å². The Kier molecular flexibility index (Phi) is 5.42. The Morgan fingerprint density at radius 2 is 1.71 bits per heavy atom. The van der Waals surface area contributed by atoms with E-state index in [2.05, 4.69) is 4.98 Å². The number of Topliss-reactive ketones (excluding diaryl/α,β-unsaturated/α-hetero) is 1. The molecule has 0 saturated heterocycles. The summed E-state index contributed by atoms with van der Waals surface area (Å²) in [5, 5.41) is -0.497. The largest absolute Gasteiger partial charge is 0.419 e. The van der Waals surface area contributed by atoms with E-state index in [0.29, 0.717) is 12.1 Å². The quantitative estimate of drug-likeness (QED) is 0.437. The summed E-state index contributed by atoms with van der Waals surface area (Å²) in [5.41, 5.74) is -1.93. The molecule has 2 aromatic rings. The first kappa shape index (κ1) is 19.0. The van der Waals surface area contributed by atoms with Crippen LogP contribution in [0.1, 0.15) is 29.4 Å². The van der Waals surface area contributed by atoms with Gasteiger partial charge in [-0.2, -0.15) is 13.2 Å². The number of benzene rings is 1. The van der Waals surface area contributed by atoms with E-state index in [9.17, 15) is 22.4 Å². The van der Waals surface area contributed by atoms with Crippen molar-refractivity contribution in [3.8, 4) is 11.3 Å². The first-order valence-corrected chi connectivity index (χ1v) is 7.65. The number of nitrogens with zero attached hydrogens (tertiary/aromatic N) is 1. The van der Waals surface area contributed by atoms with Crippen LogP contribution in [0.3, 0.4) is 0 Å². The molecule has 0 aliphatic carbocycles. The molecule has 1 aromatic heterocycles. The lowest BCUT2D eigenvalue weighted by Gasteiger charge is -2.13. The molecule has 0 atom stereocenters. The van der Waals surface area contributed by atoms with Crippen LogP contribution in [0.4, 0.5) is 17.6 Å². The van der Waals surface area contributed by atoms with E-state index in [1.54, 1.807) is 6.92 Å². The molecule has 1 heterocycles. The van der Waals surface area contributed by atoms with Crippen molar-refractivity contribution in [3.63, 3.8) is 0 Å². The van der Waals surface area contributed by atoms with Crippen LogP contribution in [0.5, 0.6) is 0 Å². The molecule has 2 rings (SSSR count). The van der Waals surface area contributed by atoms with Gasteiger partial charge >= 0.3 is 6.18 Å². The van der Waals surface area contributed by atoms with E-state index in [-0.39, 0.29) is 33.4 Å². The zero-order valence-corrected chi connectivity index (χ0v) is 14.2. The molecule has 0 unspecified atom stereocenters. The fraction of sp³-hybridized carbons (Fsp3) is 0.200. The summed E-state index contributed by atoms with van der Waals surface area (Å²) in [6.07, 6.45) is -4.80. The summed E-state index contributed by atoms with van der Waals surface area (Å²) in [4.78, 5) is 15.8. The Hall–Kier alpha value is -1.37. The van der Waals surface area contributed by atoms with Gasteiger partial charge in [0.1, 0.15) is 11.5 Å². The first-order chi connectivity index (χ1) is 11.1. The van der Waals surface area contributed by atoms with Crippen LogP contribution < -0.4 is 0 Å². The van der Waals surface area contributed by atoms with Crippen LogP contribution in [0.25, 0.3) is 11.3 Å². The van der Waals surface area contributed by atoms with Gasteiger partial charge < -0.3 is 0 Å². The number of aromatic nitrogens is 1. The van der Waals surface area contributed by atoms with Gasteiger partial charge in [-0.05, 0) is 18.2 Å². The Balaban J connectivity index is 2.69. The summed E-state index contributed by atoms with van der Waals surface area (Å²) in [6.45, 7) is 1.58. The number of alkyl halides is 3. The summed E-state index contributed by atoms with van der Waals surface area (Å²) < 4.78 is 51.9. The van der Waals surface area contributed by atoms with Gasteiger partial charge in [-0.1, -0.05) is 41.7 Å². The monoisotopic (exact) mass is 399 g/mol. The maximum absolute atomic E-state index is 13.8. The number of hydrogen-bond donors (Lipinski definition) is 0. The summed E-state index contributed by atoms with van der Waals surface area (Å²) in [6, 6.07) is 2.23. The maximum Gasteiger partial charge on any atom is 0.419 e. The van der Waals surface area contributed by atoms with Gasteiger partial charge in [0, 0.05) is 12.0 Å². The van der Waals surface area contributed by atoms with Crippen molar-refractivity contribution in [3.05, 3.63) is 50.3 Å². The van der Waals surface area contributed by atoms with Gasteiger partial charge in [-0.25, -0.2) is 9.37 Å². The minimum absolute atomic E-state index is 0.0147. The molecule has 0 aliphatic heterocycles. The van der Waals surface area contributed by atoms with Crippen LogP contribution >= 0.6 is 34.8 Å². The fourth-order valence-corrected chi connectivity index (χ4v) is 2.78. The third kappa shape index (κ3) is 3.66. The topological polar surface area (TPSA) is 30.0 Å². The normalized spacial score (nSPS) is 11.7. The Bertz CT molecular complexity index is 821. The third-order valence-corrected chi connectivity index (χ3v) is 4.02. The highest BCUT2D eigenvalue weighted by Crippen LogP contribution is 2.39. The van der Waals surface area contributed by atoms with Crippen LogP contribution in [-0.4, -0.2) is 10.8 Å². The summed E-state index contributed by atoms with van der Waals surface area (Å²) in [7, 11) is 0. The highest BCUT2D eigenvalue weighted by Gasteiger charge is 2.35. The summed E-state index contributed by atoms with van der Waals surface area (Å²) >= 11 is 17.7. The van der Waals surface area contributed by atoms with Gasteiger partial charge in [0.25, 0.3) is 0 Å². The number of halogens is 7. The lowest BCUT2D eigenvalue weighted by Crippen LogP contribution is -2.09. The molecule has 9 heteroatoms. The Morgan fingerprint density at radius 1 is 1.08 bits per heavy atom. The lowest BCUT2D eigenvalue weighted by atomic mass is 10.1. The van der Waals surface area contributed by atoms with E-state index in [1.165, 1.54) is 6.07 Å². The molecule has 0 spiro atoms. The molecule has 0 bridgehead atoms. The van der Waals surface area contributed by atoms with Crippen molar-refractivity contribution in [2.24, 2.45) is 0 Å². The highest BCUT2D eigenvalue weighted by molar-refractivity contribution is 6.39. The van der Waals surface area contributed by atoms with Crippen LogP contribution in [0.15, 0.2) is 18.2 Å². The standard InChI is InChI=1S/C15H8Cl3F4NO/c1-2-12(24)14-10(18)5-9(17)13(23-14)6-3-11(19)7(4-8(6)16)15(20,21)22/h3-5H,2H2,1H3. The van der Waals surface area contributed by atoms with Gasteiger partial charge in [-0.15, -0.1) is 0 Å². The summed E-state index contributed by atoms with van der Waals surface area (Å²) in [5.74, 6) is -1.93. The first-order valence-electron chi connectivity index (χ1n) is 6.52. The third-order valence-electron chi connectivity index (χ3n) is 3.13. The van der Waals surface area contributed by atoms with Crippen LogP contribution in [0, 0.1) is 5.82 Å². The van der Waals surface area contributed by atoms with Crippen molar-refractivity contribution >= 4 is 40.6 Å². The number of rotatable bonds is 3. The second-order valence-electron chi connectivity index (χ2n) is 4.74. The van der Waals surface area contributed by atoms with Crippen LogP contribution in [-0.2, 0) is 6.18 Å². The molecule has 0 radical (unpaired) electrons. The average molecular weight is 401 g/mol. The van der Waals surface area contributed by atoms with Crippen molar-refractivity contribution in [1.82, 2.24) is 4.98 Å². The molecule has 1 aromatic carbocycles. The molecular weight excluding hydrogens is 393 g/mol. The van der Waals surface area contributed by atoms with Gasteiger partial charge in [0.05, 0.1) is 26.3 Å². The molecule has 0 N–H and O–H groups in total. The molecule has 0 amide bonds. The molecule has 2 nitrogen and oxygen atoms in total. The number of carbonyl (C=O) groups excluding carboxylic acids is 1. The van der Waals surface area contributed by atoms with Crippen molar-refractivity contribution < 1.29 is 22.4 Å². The van der Waals surface area contributed by atoms with Crippen LogP contribution in [0.2, 0.25) is 15.1 Å². The Morgan fingerprint density at radius 3 is 2.25 bits per heavy atom. The molecule has 24 heavy (non-hydrogen) atoms. The average Bonchev–Trinajstić information content (AvgIpc) is 2.48.